The van der Waals surface area contributed by atoms with E-state index in [0.717, 1.165) is 29.9 Å². The van der Waals surface area contributed by atoms with Crippen LogP contribution in [0.5, 0.6) is 0 Å². The third kappa shape index (κ3) is 2.73. The van der Waals surface area contributed by atoms with Gasteiger partial charge in [-0.05, 0) is 12.1 Å². The zero-order valence-electron chi connectivity index (χ0n) is 9.66. The lowest BCUT2D eigenvalue weighted by molar-refractivity contribution is 0.600. The van der Waals surface area contributed by atoms with E-state index >= 15 is 0 Å². The molecule has 0 spiro atoms. The lowest BCUT2D eigenvalue weighted by Gasteiger charge is -2.09. The number of oxazole rings is 1. The van der Waals surface area contributed by atoms with E-state index in [9.17, 15) is 0 Å². The highest BCUT2D eigenvalue weighted by molar-refractivity contribution is 5.76. The van der Waals surface area contributed by atoms with Crippen molar-refractivity contribution in [2.45, 2.75) is 19.9 Å². The molecule has 0 fully saturated rings. The Morgan fingerprint density at radius 1 is 1.31 bits per heavy atom. The van der Waals surface area contributed by atoms with Gasteiger partial charge in [-0.1, -0.05) is 13.8 Å². The van der Waals surface area contributed by atoms with Crippen LogP contribution in [0.4, 0.5) is 5.69 Å². The number of benzene rings is 1. The van der Waals surface area contributed by atoms with Gasteiger partial charge < -0.3 is 15.1 Å². The van der Waals surface area contributed by atoms with E-state index in [2.05, 4.69) is 29.5 Å². The Morgan fingerprint density at radius 3 is 3.00 bits per heavy atom. The van der Waals surface area contributed by atoms with Crippen LogP contribution in [0.15, 0.2) is 29.0 Å². The van der Waals surface area contributed by atoms with Crippen molar-refractivity contribution < 1.29 is 4.42 Å². The second-order valence-corrected chi connectivity index (χ2v) is 4.07. The molecule has 0 saturated carbocycles. The number of fused-ring (bicyclic) bond motifs is 1. The van der Waals surface area contributed by atoms with Gasteiger partial charge in [0.15, 0.2) is 12.0 Å². The van der Waals surface area contributed by atoms with Gasteiger partial charge in [-0.25, -0.2) is 4.98 Å². The second-order valence-electron chi connectivity index (χ2n) is 4.07. The van der Waals surface area contributed by atoms with Gasteiger partial charge in [-0.3, -0.25) is 0 Å². The minimum absolute atomic E-state index is 0.526. The first-order valence-electron chi connectivity index (χ1n) is 5.56. The van der Waals surface area contributed by atoms with Crippen LogP contribution in [-0.4, -0.2) is 24.1 Å². The zero-order valence-corrected chi connectivity index (χ0v) is 9.66. The number of hydrogen-bond acceptors (Lipinski definition) is 4. The van der Waals surface area contributed by atoms with E-state index in [4.69, 9.17) is 4.42 Å². The highest BCUT2D eigenvalue weighted by Crippen LogP contribution is 2.17. The standard InChI is InChI=1S/C12H17N3O/c1-9(2)13-5-6-14-10-3-4-11-12(7-10)16-8-15-11/h3-4,7-9,13-14H,5-6H2,1-2H3. The lowest BCUT2D eigenvalue weighted by atomic mass is 10.3. The van der Waals surface area contributed by atoms with Gasteiger partial charge in [0.2, 0.25) is 0 Å². The molecular formula is C12H17N3O. The predicted molar refractivity (Wildman–Crippen MR) is 65.6 cm³/mol. The molecule has 0 saturated heterocycles. The summed E-state index contributed by atoms with van der Waals surface area (Å²) >= 11 is 0. The quantitative estimate of drug-likeness (QED) is 0.757. The van der Waals surface area contributed by atoms with Gasteiger partial charge in [-0.15, -0.1) is 0 Å². The fourth-order valence-electron chi connectivity index (χ4n) is 1.53. The number of aromatic nitrogens is 1. The smallest absolute Gasteiger partial charge is 0.181 e. The summed E-state index contributed by atoms with van der Waals surface area (Å²) < 4.78 is 5.24. The van der Waals surface area contributed by atoms with E-state index in [1.807, 2.05) is 18.2 Å². The van der Waals surface area contributed by atoms with Crippen LogP contribution < -0.4 is 10.6 Å². The van der Waals surface area contributed by atoms with Gasteiger partial charge in [0.1, 0.15) is 5.52 Å². The molecule has 4 nitrogen and oxygen atoms in total. The Labute approximate surface area is 95.1 Å². The van der Waals surface area contributed by atoms with Crippen LogP contribution in [-0.2, 0) is 0 Å². The zero-order chi connectivity index (χ0) is 11.4. The molecular weight excluding hydrogens is 202 g/mol. The Balaban J connectivity index is 1.89. The monoisotopic (exact) mass is 219 g/mol. The van der Waals surface area contributed by atoms with Crippen molar-refractivity contribution in [3.63, 3.8) is 0 Å². The van der Waals surface area contributed by atoms with Gasteiger partial charge in [0, 0.05) is 30.9 Å². The summed E-state index contributed by atoms with van der Waals surface area (Å²) in [5.41, 5.74) is 2.78. The summed E-state index contributed by atoms with van der Waals surface area (Å²) in [6.07, 6.45) is 1.47. The van der Waals surface area contributed by atoms with Crippen LogP contribution in [0.2, 0.25) is 0 Å². The number of nitrogens with one attached hydrogen (secondary N) is 2. The summed E-state index contributed by atoms with van der Waals surface area (Å²) in [7, 11) is 0. The number of nitrogens with zero attached hydrogens (tertiary/aromatic N) is 1. The van der Waals surface area contributed by atoms with Crippen LogP contribution in [0.25, 0.3) is 11.1 Å². The van der Waals surface area contributed by atoms with E-state index in [-0.39, 0.29) is 0 Å². The van der Waals surface area contributed by atoms with Crippen molar-refractivity contribution in [2.75, 3.05) is 18.4 Å². The van der Waals surface area contributed by atoms with Crippen LogP contribution in [0.1, 0.15) is 13.8 Å². The fraction of sp³-hybridized carbons (Fsp3) is 0.417. The van der Waals surface area contributed by atoms with Crippen molar-refractivity contribution in [3.8, 4) is 0 Å². The van der Waals surface area contributed by atoms with Gasteiger partial charge in [0.05, 0.1) is 0 Å². The average Bonchev–Trinajstić information content (AvgIpc) is 2.71. The molecule has 1 aromatic heterocycles. The van der Waals surface area contributed by atoms with Crippen LogP contribution in [0, 0.1) is 0 Å². The summed E-state index contributed by atoms with van der Waals surface area (Å²) in [6, 6.07) is 6.47. The minimum atomic E-state index is 0.526. The molecule has 0 radical (unpaired) electrons. The molecule has 0 aliphatic carbocycles. The molecule has 0 atom stereocenters. The second kappa shape index (κ2) is 4.99. The molecule has 1 heterocycles. The molecule has 0 amide bonds. The third-order valence-electron chi connectivity index (χ3n) is 2.34. The minimum Gasteiger partial charge on any atom is -0.443 e. The number of anilines is 1. The Morgan fingerprint density at radius 2 is 2.19 bits per heavy atom. The topological polar surface area (TPSA) is 50.1 Å². The summed E-state index contributed by atoms with van der Waals surface area (Å²) in [5.74, 6) is 0. The largest absolute Gasteiger partial charge is 0.443 e. The molecule has 4 heteroatoms. The molecule has 0 aliphatic heterocycles. The Bertz CT molecular complexity index is 450. The lowest BCUT2D eigenvalue weighted by Crippen LogP contribution is -2.28. The fourth-order valence-corrected chi connectivity index (χ4v) is 1.53. The number of hydrogen-bond donors (Lipinski definition) is 2. The first-order valence-corrected chi connectivity index (χ1v) is 5.56. The molecule has 16 heavy (non-hydrogen) atoms. The first-order chi connectivity index (χ1) is 7.75. The maximum atomic E-state index is 5.24. The van der Waals surface area contributed by atoms with Crippen LogP contribution >= 0.6 is 0 Å². The van der Waals surface area contributed by atoms with Crippen molar-refractivity contribution in [2.24, 2.45) is 0 Å². The molecule has 0 bridgehead atoms. The highest BCUT2D eigenvalue weighted by atomic mass is 16.3. The van der Waals surface area contributed by atoms with E-state index in [1.54, 1.807) is 0 Å². The molecule has 0 aliphatic rings. The van der Waals surface area contributed by atoms with Crippen LogP contribution in [0.3, 0.4) is 0 Å². The van der Waals surface area contributed by atoms with Crippen molar-refractivity contribution in [3.05, 3.63) is 24.6 Å². The Kier molecular flexibility index (Phi) is 3.41. The SMILES string of the molecule is CC(C)NCCNc1ccc2ncoc2c1. The maximum absolute atomic E-state index is 5.24. The van der Waals surface area contributed by atoms with Gasteiger partial charge >= 0.3 is 0 Å². The predicted octanol–water partition coefficient (Wildman–Crippen LogP) is 2.24. The van der Waals surface area contributed by atoms with E-state index in [1.165, 1.54) is 6.39 Å². The summed E-state index contributed by atoms with van der Waals surface area (Å²) in [5, 5.41) is 6.68. The molecule has 0 unspecified atom stereocenters. The van der Waals surface area contributed by atoms with Crippen molar-refractivity contribution in [1.82, 2.24) is 10.3 Å². The molecule has 2 N–H and O–H groups in total. The van der Waals surface area contributed by atoms with E-state index < -0.39 is 0 Å². The maximum Gasteiger partial charge on any atom is 0.181 e. The van der Waals surface area contributed by atoms with Gasteiger partial charge in [-0.2, -0.15) is 0 Å². The molecule has 86 valence electrons. The van der Waals surface area contributed by atoms with E-state index in [0.29, 0.717) is 6.04 Å². The normalized spacial score (nSPS) is 11.2. The highest BCUT2D eigenvalue weighted by Gasteiger charge is 1.99. The summed E-state index contributed by atoms with van der Waals surface area (Å²) in [4.78, 5) is 4.07. The molecule has 2 rings (SSSR count). The number of rotatable bonds is 5. The Hall–Kier alpha value is -1.55. The summed E-state index contributed by atoms with van der Waals surface area (Å²) in [6.45, 7) is 6.13. The molecule has 2 aromatic rings. The third-order valence-corrected chi connectivity index (χ3v) is 2.34. The van der Waals surface area contributed by atoms with Crippen molar-refractivity contribution >= 4 is 16.8 Å². The van der Waals surface area contributed by atoms with Gasteiger partial charge in [0.25, 0.3) is 0 Å². The average molecular weight is 219 g/mol. The first kappa shape index (κ1) is 11.0. The molecule has 1 aromatic carbocycles. The van der Waals surface area contributed by atoms with Crippen molar-refractivity contribution in [1.29, 1.82) is 0 Å².